The van der Waals surface area contributed by atoms with E-state index in [0.717, 1.165) is 0 Å². The highest BCUT2D eigenvalue weighted by molar-refractivity contribution is 7.10. The van der Waals surface area contributed by atoms with Gasteiger partial charge in [-0.1, -0.05) is 6.07 Å². The summed E-state index contributed by atoms with van der Waals surface area (Å²) in [5, 5.41) is 1.80. The van der Waals surface area contributed by atoms with Crippen molar-refractivity contribution in [3.63, 3.8) is 0 Å². The zero-order valence-corrected chi connectivity index (χ0v) is 6.34. The average molecular weight is 169 g/mol. The van der Waals surface area contributed by atoms with E-state index in [4.69, 9.17) is 0 Å². The molecule has 0 aliphatic rings. The van der Waals surface area contributed by atoms with Crippen LogP contribution in [0.1, 0.15) is 11.0 Å². The van der Waals surface area contributed by atoms with Crippen LogP contribution in [0.15, 0.2) is 17.5 Å². The molecule has 0 aliphatic heterocycles. The molecule has 0 amide bonds. The minimum atomic E-state index is -0.854. The molecule has 4 heteroatoms. The molecule has 0 aliphatic carbocycles. The fourth-order valence-electron chi connectivity index (χ4n) is 0.649. The van der Waals surface area contributed by atoms with Gasteiger partial charge in [0, 0.05) is 0 Å². The van der Waals surface area contributed by atoms with Crippen molar-refractivity contribution in [2.45, 2.75) is 6.10 Å². The van der Waals surface area contributed by atoms with Crippen LogP contribution in [0.3, 0.4) is 0 Å². The molecule has 1 unspecified atom stereocenters. The third kappa shape index (κ3) is 1.88. The van der Waals surface area contributed by atoms with Gasteiger partial charge >= 0.3 is 0 Å². The molecule has 0 saturated carbocycles. The highest BCUT2D eigenvalue weighted by Gasteiger charge is 2.11. The Bertz CT molecular complexity index is 230. The summed E-state index contributed by atoms with van der Waals surface area (Å²) in [6, 6.07) is 3.49. The van der Waals surface area contributed by atoms with Crippen LogP contribution >= 0.6 is 11.3 Å². The Labute approximate surface area is 67.6 Å². The van der Waals surface area contributed by atoms with Crippen LogP contribution in [-0.4, -0.2) is 12.8 Å². The summed E-state index contributed by atoms with van der Waals surface area (Å²) in [6.07, 6.45) is 0.758. The first kappa shape index (κ1) is 7.94. The van der Waals surface area contributed by atoms with Gasteiger partial charge in [-0.25, -0.2) is 0 Å². The van der Waals surface area contributed by atoms with Crippen molar-refractivity contribution in [1.82, 2.24) is 0 Å². The first-order chi connectivity index (χ1) is 5.38. The number of ether oxygens (including phenoxy) is 1. The zero-order valence-electron chi connectivity index (χ0n) is 5.52. The van der Waals surface area contributed by atoms with Gasteiger partial charge in [-0.3, -0.25) is 9.59 Å². The first-order valence-corrected chi connectivity index (χ1v) is 3.76. The second-order valence-electron chi connectivity index (χ2n) is 1.75. The summed E-state index contributed by atoms with van der Waals surface area (Å²) >= 11 is 1.35. The molecule has 1 aromatic heterocycles. The fraction of sp³-hybridized carbons (Fsp3) is 0.143. The molecule has 1 atom stereocenters. The lowest BCUT2D eigenvalue weighted by atomic mass is 10.3. The summed E-state index contributed by atoms with van der Waals surface area (Å²) in [7, 11) is 0. The van der Waals surface area contributed by atoms with Gasteiger partial charge < -0.3 is 4.74 Å². The lowest BCUT2D eigenvalue weighted by Crippen LogP contribution is -2.01. The van der Waals surface area contributed by atoms with Gasteiger partial charge in [0.05, 0.1) is 4.88 Å². The van der Waals surface area contributed by atoms with Crippen molar-refractivity contribution in [2.75, 3.05) is 0 Å². The maximum atomic E-state index is 10.2. The molecular weight excluding hydrogens is 164 g/mol. The SMILES string of the molecule is O=[C]C(OC=O)c1cccs1. The quantitative estimate of drug-likeness (QED) is 0.633. The van der Waals surface area contributed by atoms with Crippen molar-refractivity contribution in [3.8, 4) is 0 Å². The number of carbonyl (C=O) groups is 1. The van der Waals surface area contributed by atoms with Crippen LogP contribution in [0.2, 0.25) is 0 Å². The summed E-state index contributed by atoms with van der Waals surface area (Å²) in [5.74, 6) is 0. The minimum absolute atomic E-state index is 0.245. The van der Waals surface area contributed by atoms with Gasteiger partial charge in [-0.05, 0) is 11.4 Å². The van der Waals surface area contributed by atoms with Gasteiger partial charge in [0.15, 0.2) is 0 Å². The number of carbonyl (C=O) groups excluding carboxylic acids is 2. The second kappa shape index (κ2) is 3.88. The Kier molecular flexibility index (Phi) is 2.80. The normalized spacial score (nSPS) is 12.0. The minimum Gasteiger partial charge on any atom is -0.450 e. The van der Waals surface area contributed by atoms with E-state index < -0.39 is 6.10 Å². The average Bonchev–Trinajstić information content (AvgIpc) is 2.52. The van der Waals surface area contributed by atoms with Crippen LogP contribution in [0.5, 0.6) is 0 Å². The maximum Gasteiger partial charge on any atom is 0.294 e. The summed E-state index contributed by atoms with van der Waals surface area (Å²) in [5.41, 5.74) is 0. The standard InChI is InChI=1S/C7H5O3S/c8-4-6(10-5-9)7-2-1-3-11-7/h1-3,5-6H. The first-order valence-electron chi connectivity index (χ1n) is 2.88. The molecule has 1 heterocycles. The van der Waals surface area contributed by atoms with Crippen molar-refractivity contribution in [2.24, 2.45) is 0 Å². The summed E-state index contributed by atoms with van der Waals surface area (Å²) < 4.78 is 4.44. The van der Waals surface area contributed by atoms with Crippen molar-refractivity contribution in [1.29, 1.82) is 0 Å². The number of hydrogen-bond acceptors (Lipinski definition) is 4. The van der Waals surface area contributed by atoms with E-state index in [-0.39, 0.29) is 6.47 Å². The highest BCUT2D eigenvalue weighted by atomic mass is 32.1. The van der Waals surface area contributed by atoms with E-state index in [1.807, 2.05) is 0 Å². The molecule has 1 radical (unpaired) electrons. The van der Waals surface area contributed by atoms with E-state index in [0.29, 0.717) is 4.88 Å². The molecule has 0 bridgehead atoms. The lowest BCUT2D eigenvalue weighted by Gasteiger charge is -2.02. The molecular formula is C7H5O3S. The van der Waals surface area contributed by atoms with Gasteiger partial charge in [-0.2, -0.15) is 0 Å². The van der Waals surface area contributed by atoms with E-state index >= 15 is 0 Å². The molecule has 3 nitrogen and oxygen atoms in total. The van der Waals surface area contributed by atoms with E-state index in [1.165, 1.54) is 11.3 Å². The number of rotatable bonds is 4. The Morgan fingerprint density at radius 2 is 2.55 bits per heavy atom. The molecule has 0 N–H and O–H groups in total. The molecule has 0 aromatic carbocycles. The van der Waals surface area contributed by atoms with E-state index in [1.54, 1.807) is 23.8 Å². The maximum absolute atomic E-state index is 10.2. The molecule has 0 spiro atoms. The Balaban J connectivity index is 2.70. The zero-order chi connectivity index (χ0) is 8.10. The van der Waals surface area contributed by atoms with Crippen molar-refractivity contribution < 1.29 is 14.3 Å². The molecule has 0 saturated heterocycles. The smallest absolute Gasteiger partial charge is 0.294 e. The largest absolute Gasteiger partial charge is 0.450 e. The van der Waals surface area contributed by atoms with E-state index in [9.17, 15) is 9.59 Å². The molecule has 57 valence electrons. The monoisotopic (exact) mass is 169 g/mol. The van der Waals surface area contributed by atoms with Crippen LogP contribution in [0.25, 0.3) is 0 Å². The summed E-state index contributed by atoms with van der Waals surface area (Å²) in [4.78, 5) is 20.8. The van der Waals surface area contributed by atoms with E-state index in [2.05, 4.69) is 4.74 Å². The van der Waals surface area contributed by atoms with Crippen molar-refractivity contribution in [3.05, 3.63) is 22.4 Å². The second-order valence-corrected chi connectivity index (χ2v) is 2.72. The van der Waals surface area contributed by atoms with Crippen LogP contribution in [0, 0.1) is 0 Å². The Morgan fingerprint density at radius 3 is 3.00 bits per heavy atom. The van der Waals surface area contributed by atoms with Crippen LogP contribution in [-0.2, 0) is 14.3 Å². The molecule has 0 fully saturated rings. The molecule has 1 aromatic rings. The summed E-state index contributed by atoms with van der Waals surface area (Å²) in [6.45, 7) is 0.245. The fourth-order valence-corrected chi connectivity index (χ4v) is 1.35. The van der Waals surface area contributed by atoms with Gasteiger partial charge in [0.25, 0.3) is 6.47 Å². The Hall–Kier alpha value is -1.16. The molecule has 1 rings (SSSR count). The third-order valence-corrected chi connectivity index (χ3v) is 2.02. The Morgan fingerprint density at radius 1 is 1.73 bits per heavy atom. The van der Waals surface area contributed by atoms with Crippen LogP contribution in [0.4, 0.5) is 0 Å². The lowest BCUT2D eigenvalue weighted by molar-refractivity contribution is -0.131. The van der Waals surface area contributed by atoms with Gasteiger partial charge in [0.2, 0.25) is 12.4 Å². The predicted octanol–water partition coefficient (Wildman–Crippen LogP) is 1.07. The topological polar surface area (TPSA) is 43.4 Å². The van der Waals surface area contributed by atoms with Gasteiger partial charge in [0.1, 0.15) is 0 Å². The van der Waals surface area contributed by atoms with Gasteiger partial charge in [-0.15, -0.1) is 11.3 Å². The predicted molar refractivity (Wildman–Crippen MR) is 39.9 cm³/mol. The molecule has 11 heavy (non-hydrogen) atoms. The van der Waals surface area contributed by atoms with Crippen molar-refractivity contribution >= 4 is 24.1 Å². The number of hydrogen-bond donors (Lipinski definition) is 0. The highest BCUT2D eigenvalue weighted by Crippen LogP contribution is 2.19. The number of thiophene rings is 1. The van der Waals surface area contributed by atoms with Crippen LogP contribution < -0.4 is 0 Å². The third-order valence-electron chi connectivity index (χ3n) is 1.10.